The number of fused-ring (bicyclic) bond motifs is 1. The fourth-order valence-electron chi connectivity index (χ4n) is 2.44. The molecule has 0 bridgehead atoms. The lowest BCUT2D eigenvalue weighted by molar-refractivity contribution is 0.475. The van der Waals surface area contributed by atoms with E-state index >= 15 is 0 Å². The number of hydrogen-bond donors (Lipinski definition) is 7. The zero-order chi connectivity index (χ0) is 18.3. The lowest BCUT2D eigenvalue weighted by atomic mass is 10.0. The summed E-state index contributed by atoms with van der Waals surface area (Å²) in [5, 5.41) is 18.1. The molecule has 0 atom stereocenters. The van der Waals surface area contributed by atoms with Crippen LogP contribution in [0.4, 0.5) is 45.8 Å². The molecule has 0 aliphatic carbocycles. The largest absolute Gasteiger partial charge is 0.508 e. The van der Waals surface area contributed by atoms with Crippen LogP contribution in [0.25, 0.3) is 10.8 Å². The zero-order valence-corrected chi connectivity index (χ0v) is 13.1. The molecule has 10 nitrogen and oxygen atoms in total. The third kappa shape index (κ3) is 2.51. The molecule has 0 aliphatic heterocycles. The van der Waals surface area contributed by atoms with Gasteiger partial charge in [0.15, 0.2) is 5.82 Å². The van der Waals surface area contributed by atoms with Gasteiger partial charge in [0.05, 0.1) is 33.8 Å². The number of aromatic hydroxyl groups is 1. The normalized spacial score (nSPS) is 11.4. The van der Waals surface area contributed by atoms with Crippen LogP contribution >= 0.6 is 0 Å². The van der Waals surface area contributed by atoms with Crippen molar-refractivity contribution in [1.82, 2.24) is 4.98 Å². The molecular weight excluding hydrogens is 322 g/mol. The van der Waals surface area contributed by atoms with Crippen molar-refractivity contribution in [3.8, 4) is 5.75 Å². The molecule has 3 aromatic rings. The maximum atomic E-state index is 9.31. The predicted molar refractivity (Wildman–Crippen MR) is 101 cm³/mol. The number of azo groups is 1. The quantitative estimate of drug-likeness (QED) is 0.269. The van der Waals surface area contributed by atoms with Gasteiger partial charge in [0.25, 0.3) is 0 Å². The third-order valence-electron chi connectivity index (χ3n) is 3.75. The van der Waals surface area contributed by atoms with Crippen LogP contribution in [0.1, 0.15) is 0 Å². The lowest BCUT2D eigenvalue weighted by Crippen LogP contribution is -2.08. The molecule has 0 aliphatic rings. The molecule has 1 aromatic heterocycles. The highest BCUT2D eigenvalue weighted by Crippen LogP contribution is 2.46. The van der Waals surface area contributed by atoms with Crippen molar-refractivity contribution in [2.75, 3.05) is 34.4 Å². The number of nitrogens with two attached hydrogens (primary N) is 6. The van der Waals surface area contributed by atoms with E-state index in [1.54, 1.807) is 12.1 Å². The second-order valence-corrected chi connectivity index (χ2v) is 5.35. The summed E-state index contributed by atoms with van der Waals surface area (Å²) in [6.45, 7) is 0. The monoisotopic (exact) mass is 339 g/mol. The molecule has 10 heteroatoms. The van der Waals surface area contributed by atoms with Gasteiger partial charge in [-0.15, -0.1) is 5.11 Å². The second kappa shape index (κ2) is 5.60. The standard InChI is InChI=1S/C15H17N9O/c16-9-7-8(10(17)12(19)11(9)18)14(20)22-15(21)13(7)24-23-5-1-3-6(25)4-2-5/h1-4,25H,16-19H2,(H4,20,21,22)/b24-23+. The van der Waals surface area contributed by atoms with E-state index in [0.717, 1.165) is 0 Å². The number of pyridine rings is 1. The molecule has 1 heterocycles. The van der Waals surface area contributed by atoms with Crippen molar-refractivity contribution in [2.45, 2.75) is 0 Å². The predicted octanol–water partition coefficient (Wildman–Crippen LogP) is 1.85. The van der Waals surface area contributed by atoms with Gasteiger partial charge in [0.2, 0.25) is 0 Å². The Bertz CT molecular complexity index is 1010. The van der Waals surface area contributed by atoms with Gasteiger partial charge in [0, 0.05) is 5.39 Å². The molecule has 0 amide bonds. The Kier molecular flexibility index (Phi) is 3.57. The summed E-state index contributed by atoms with van der Waals surface area (Å²) in [7, 11) is 0. The fraction of sp³-hybridized carbons (Fsp3) is 0. The van der Waals surface area contributed by atoms with E-state index in [1.165, 1.54) is 12.1 Å². The Labute approximate surface area is 142 Å². The minimum atomic E-state index is 0.0165. The summed E-state index contributed by atoms with van der Waals surface area (Å²) in [6, 6.07) is 6.10. The number of phenolic OH excluding ortho intramolecular Hbond substituents is 1. The van der Waals surface area contributed by atoms with Crippen LogP contribution in [0.3, 0.4) is 0 Å². The first-order valence-corrected chi connectivity index (χ1v) is 7.12. The highest BCUT2D eigenvalue weighted by Gasteiger charge is 2.20. The Morgan fingerprint density at radius 3 is 1.84 bits per heavy atom. The number of rotatable bonds is 2. The molecule has 3 rings (SSSR count). The topological polar surface area (TPSA) is 214 Å². The molecule has 0 fully saturated rings. The molecule has 0 saturated heterocycles. The maximum absolute atomic E-state index is 9.31. The van der Waals surface area contributed by atoms with Crippen molar-refractivity contribution in [3.05, 3.63) is 24.3 Å². The molecule has 13 N–H and O–H groups in total. The maximum Gasteiger partial charge on any atom is 0.154 e. The highest BCUT2D eigenvalue weighted by molar-refractivity contribution is 6.20. The van der Waals surface area contributed by atoms with Crippen LogP contribution in [0.15, 0.2) is 34.5 Å². The summed E-state index contributed by atoms with van der Waals surface area (Å²) in [5.74, 6) is 0.188. The molecule has 2 aromatic carbocycles. The van der Waals surface area contributed by atoms with Crippen LogP contribution in [0.2, 0.25) is 0 Å². The van der Waals surface area contributed by atoms with E-state index < -0.39 is 0 Å². The number of hydrogen-bond acceptors (Lipinski definition) is 10. The first-order chi connectivity index (χ1) is 11.8. The van der Waals surface area contributed by atoms with Crippen molar-refractivity contribution in [2.24, 2.45) is 10.2 Å². The van der Waals surface area contributed by atoms with Gasteiger partial charge in [-0.1, -0.05) is 0 Å². The van der Waals surface area contributed by atoms with Gasteiger partial charge < -0.3 is 39.5 Å². The lowest BCUT2D eigenvalue weighted by Gasteiger charge is -2.16. The number of benzene rings is 2. The van der Waals surface area contributed by atoms with Crippen LogP contribution in [-0.4, -0.2) is 10.1 Å². The van der Waals surface area contributed by atoms with Gasteiger partial charge in [-0.25, -0.2) is 4.98 Å². The number of nitrogen functional groups attached to an aromatic ring is 6. The van der Waals surface area contributed by atoms with E-state index in [2.05, 4.69) is 15.2 Å². The second-order valence-electron chi connectivity index (χ2n) is 5.35. The third-order valence-corrected chi connectivity index (χ3v) is 3.75. The summed E-state index contributed by atoms with van der Waals surface area (Å²) in [4.78, 5) is 4.03. The van der Waals surface area contributed by atoms with Crippen molar-refractivity contribution >= 4 is 56.5 Å². The Morgan fingerprint density at radius 2 is 1.24 bits per heavy atom. The van der Waals surface area contributed by atoms with Crippen LogP contribution in [0.5, 0.6) is 5.75 Å². The van der Waals surface area contributed by atoms with E-state index in [9.17, 15) is 5.11 Å². The molecule has 0 saturated carbocycles. The van der Waals surface area contributed by atoms with Gasteiger partial charge in [0.1, 0.15) is 17.3 Å². The Morgan fingerprint density at radius 1 is 0.680 bits per heavy atom. The zero-order valence-electron chi connectivity index (χ0n) is 13.1. The first kappa shape index (κ1) is 15.9. The van der Waals surface area contributed by atoms with Crippen LogP contribution in [-0.2, 0) is 0 Å². The molecule has 0 radical (unpaired) electrons. The number of phenols is 1. The van der Waals surface area contributed by atoms with Gasteiger partial charge >= 0.3 is 0 Å². The smallest absolute Gasteiger partial charge is 0.154 e. The van der Waals surface area contributed by atoms with Gasteiger partial charge in [-0.05, 0) is 24.3 Å². The van der Waals surface area contributed by atoms with E-state index in [4.69, 9.17) is 34.4 Å². The average Bonchev–Trinajstić information content (AvgIpc) is 2.58. The minimum Gasteiger partial charge on any atom is -0.508 e. The van der Waals surface area contributed by atoms with Crippen molar-refractivity contribution in [3.63, 3.8) is 0 Å². The summed E-state index contributed by atoms with van der Waals surface area (Å²) >= 11 is 0. The van der Waals surface area contributed by atoms with E-state index in [1.807, 2.05) is 0 Å². The molecule has 0 spiro atoms. The average molecular weight is 339 g/mol. The van der Waals surface area contributed by atoms with Crippen molar-refractivity contribution in [1.29, 1.82) is 0 Å². The van der Waals surface area contributed by atoms with Crippen molar-refractivity contribution < 1.29 is 5.11 Å². The van der Waals surface area contributed by atoms with Crippen LogP contribution < -0.4 is 34.4 Å². The van der Waals surface area contributed by atoms with Gasteiger partial charge in [-0.2, -0.15) is 5.11 Å². The van der Waals surface area contributed by atoms with Crippen LogP contribution in [0, 0.1) is 0 Å². The van der Waals surface area contributed by atoms with E-state index in [-0.39, 0.29) is 45.8 Å². The summed E-state index contributed by atoms with van der Waals surface area (Å²) < 4.78 is 0. The summed E-state index contributed by atoms with van der Waals surface area (Å²) in [5.41, 5.74) is 36.9. The molecule has 128 valence electrons. The molecule has 0 unspecified atom stereocenters. The highest BCUT2D eigenvalue weighted by atomic mass is 16.3. The fourth-order valence-corrected chi connectivity index (χ4v) is 2.44. The first-order valence-electron chi connectivity index (χ1n) is 7.12. The molecular formula is C15H17N9O. The molecule has 25 heavy (non-hydrogen) atoms. The Balaban J connectivity index is 2.29. The van der Waals surface area contributed by atoms with Gasteiger partial charge in [-0.3, -0.25) is 0 Å². The minimum absolute atomic E-state index is 0.0165. The SMILES string of the molecule is Nc1nc(N)c2c(N)c(N)c(N)c(N)c2c1/N=N/c1ccc(O)cc1. The van der Waals surface area contributed by atoms with E-state index in [0.29, 0.717) is 16.5 Å². The number of anilines is 6. The summed E-state index contributed by atoms with van der Waals surface area (Å²) in [6.07, 6.45) is 0. The number of aromatic nitrogens is 1. The number of nitrogens with zero attached hydrogens (tertiary/aromatic N) is 3. The Hall–Kier alpha value is -3.95.